The standard InChI is InChI=1S/C23H26N4S/c1-17-13-22(18(2)12-20(17)14-24)27-10-8-26(9-11-27)15-21-16-28-23(25-21)19-6-4-3-5-7-19/h3-7,12-14,16,24H,8-11,15H2,1-2H3. The fourth-order valence-electron chi connectivity index (χ4n) is 3.79. The van der Waals surface area contributed by atoms with Crippen LogP contribution in [-0.2, 0) is 6.54 Å². The van der Waals surface area contributed by atoms with Crippen molar-refractivity contribution >= 4 is 23.2 Å². The van der Waals surface area contributed by atoms with Gasteiger partial charge >= 0.3 is 0 Å². The molecule has 28 heavy (non-hydrogen) atoms. The van der Waals surface area contributed by atoms with Crippen LogP contribution in [0.15, 0.2) is 47.8 Å². The van der Waals surface area contributed by atoms with Gasteiger partial charge in [-0.25, -0.2) is 4.98 Å². The zero-order chi connectivity index (χ0) is 19.5. The van der Waals surface area contributed by atoms with Crippen LogP contribution in [0.2, 0.25) is 0 Å². The number of hydrogen-bond acceptors (Lipinski definition) is 5. The third-order valence-corrected chi connectivity index (χ3v) is 6.35. The molecule has 0 amide bonds. The van der Waals surface area contributed by atoms with Crippen molar-refractivity contribution in [1.29, 1.82) is 5.41 Å². The van der Waals surface area contributed by atoms with E-state index >= 15 is 0 Å². The highest BCUT2D eigenvalue weighted by Crippen LogP contribution is 2.26. The monoisotopic (exact) mass is 390 g/mol. The number of nitrogens with zero attached hydrogens (tertiary/aromatic N) is 3. The molecule has 1 fully saturated rings. The van der Waals surface area contributed by atoms with Crippen molar-refractivity contribution < 1.29 is 0 Å². The fourth-order valence-corrected chi connectivity index (χ4v) is 4.61. The van der Waals surface area contributed by atoms with Crippen molar-refractivity contribution in [3.8, 4) is 10.6 Å². The first-order chi connectivity index (χ1) is 13.6. The van der Waals surface area contributed by atoms with Crippen molar-refractivity contribution in [3.05, 3.63) is 70.2 Å². The molecule has 4 nitrogen and oxygen atoms in total. The van der Waals surface area contributed by atoms with Gasteiger partial charge in [0, 0.05) is 55.6 Å². The van der Waals surface area contributed by atoms with Crippen LogP contribution in [0.4, 0.5) is 5.69 Å². The SMILES string of the molecule is Cc1cc(N2CCN(Cc3csc(-c4ccccc4)n3)CC2)c(C)cc1C=N. The van der Waals surface area contributed by atoms with E-state index in [-0.39, 0.29) is 0 Å². The van der Waals surface area contributed by atoms with Crippen LogP contribution in [0, 0.1) is 19.3 Å². The summed E-state index contributed by atoms with van der Waals surface area (Å²) in [6.07, 6.45) is 1.45. The highest BCUT2D eigenvalue weighted by Gasteiger charge is 2.20. The van der Waals surface area contributed by atoms with Crippen LogP contribution < -0.4 is 4.90 Å². The fraction of sp³-hybridized carbons (Fsp3) is 0.304. The Morgan fingerprint density at radius 2 is 1.79 bits per heavy atom. The molecule has 2 aromatic carbocycles. The predicted octanol–water partition coefficient (Wildman–Crippen LogP) is 4.75. The third kappa shape index (κ3) is 4.01. The second-order valence-corrected chi connectivity index (χ2v) is 8.27. The Kier molecular flexibility index (Phi) is 5.55. The van der Waals surface area contributed by atoms with E-state index in [2.05, 4.69) is 65.4 Å². The summed E-state index contributed by atoms with van der Waals surface area (Å²) in [7, 11) is 0. The topological polar surface area (TPSA) is 43.2 Å². The zero-order valence-corrected chi connectivity index (χ0v) is 17.3. The lowest BCUT2D eigenvalue weighted by Gasteiger charge is -2.36. The molecule has 144 valence electrons. The minimum Gasteiger partial charge on any atom is -0.369 e. The number of hydrogen-bond donors (Lipinski definition) is 1. The summed E-state index contributed by atoms with van der Waals surface area (Å²) in [5.41, 5.74) is 7.11. The Morgan fingerprint density at radius 3 is 2.50 bits per heavy atom. The van der Waals surface area contributed by atoms with Gasteiger partial charge in [0.05, 0.1) is 5.69 Å². The number of benzene rings is 2. The molecule has 1 saturated heterocycles. The molecular weight excluding hydrogens is 364 g/mol. The Morgan fingerprint density at radius 1 is 1.04 bits per heavy atom. The van der Waals surface area contributed by atoms with Crippen molar-refractivity contribution in [2.45, 2.75) is 20.4 Å². The van der Waals surface area contributed by atoms with E-state index in [0.29, 0.717) is 0 Å². The molecule has 0 unspecified atom stereocenters. The molecule has 1 aliphatic heterocycles. The van der Waals surface area contributed by atoms with Crippen LogP contribution in [0.25, 0.3) is 10.6 Å². The third-order valence-electron chi connectivity index (χ3n) is 5.41. The smallest absolute Gasteiger partial charge is 0.123 e. The summed E-state index contributed by atoms with van der Waals surface area (Å²) >= 11 is 1.73. The summed E-state index contributed by atoms with van der Waals surface area (Å²) < 4.78 is 0. The molecule has 2 heterocycles. The molecule has 0 aliphatic carbocycles. The van der Waals surface area contributed by atoms with E-state index in [0.717, 1.165) is 43.3 Å². The number of aryl methyl sites for hydroxylation is 2. The number of nitrogens with one attached hydrogen (secondary N) is 1. The molecule has 5 heteroatoms. The van der Waals surface area contributed by atoms with E-state index in [4.69, 9.17) is 10.4 Å². The van der Waals surface area contributed by atoms with E-state index in [1.165, 1.54) is 34.3 Å². The molecule has 0 bridgehead atoms. The molecule has 4 rings (SSSR count). The van der Waals surface area contributed by atoms with Crippen molar-refractivity contribution in [3.63, 3.8) is 0 Å². The van der Waals surface area contributed by atoms with E-state index in [9.17, 15) is 0 Å². The molecule has 3 aromatic rings. The Hall–Kier alpha value is -2.50. The van der Waals surface area contributed by atoms with Gasteiger partial charge < -0.3 is 10.3 Å². The molecule has 0 spiro atoms. The predicted molar refractivity (Wildman–Crippen MR) is 119 cm³/mol. The van der Waals surface area contributed by atoms with Crippen LogP contribution in [0.1, 0.15) is 22.4 Å². The molecule has 1 N–H and O–H groups in total. The van der Waals surface area contributed by atoms with Gasteiger partial charge in [0.1, 0.15) is 5.01 Å². The normalized spacial score (nSPS) is 15.0. The molecule has 0 radical (unpaired) electrons. The van der Waals surface area contributed by atoms with Crippen molar-refractivity contribution in [1.82, 2.24) is 9.88 Å². The number of thiazole rings is 1. The maximum atomic E-state index is 7.54. The second kappa shape index (κ2) is 8.25. The maximum absolute atomic E-state index is 7.54. The van der Waals surface area contributed by atoms with Crippen molar-refractivity contribution in [2.75, 3.05) is 31.1 Å². The first kappa shape index (κ1) is 18.8. The molecule has 1 aromatic heterocycles. The Balaban J connectivity index is 1.38. The van der Waals surface area contributed by atoms with Gasteiger partial charge in [0.25, 0.3) is 0 Å². The molecule has 1 aliphatic rings. The largest absolute Gasteiger partial charge is 0.369 e. The van der Waals surface area contributed by atoms with Crippen molar-refractivity contribution in [2.24, 2.45) is 0 Å². The number of piperazine rings is 1. The molecule has 0 atom stereocenters. The highest BCUT2D eigenvalue weighted by atomic mass is 32.1. The van der Waals surface area contributed by atoms with Gasteiger partial charge in [0.15, 0.2) is 0 Å². The van der Waals surface area contributed by atoms with Gasteiger partial charge in [0.2, 0.25) is 0 Å². The Labute approximate surface area is 171 Å². The quantitative estimate of drug-likeness (QED) is 0.640. The summed E-state index contributed by atoms with van der Waals surface area (Å²) in [6.45, 7) is 9.30. The lowest BCUT2D eigenvalue weighted by molar-refractivity contribution is 0.247. The maximum Gasteiger partial charge on any atom is 0.123 e. The van der Waals surface area contributed by atoms with Crippen LogP contribution >= 0.6 is 11.3 Å². The summed E-state index contributed by atoms with van der Waals surface area (Å²) in [5, 5.41) is 10.8. The summed E-state index contributed by atoms with van der Waals surface area (Å²) in [5.74, 6) is 0. The lowest BCUT2D eigenvalue weighted by Crippen LogP contribution is -2.46. The summed E-state index contributed by atoms with van der Waals surface area (Å²) in [4.78, 5) is 9.81. The van der Waals surface area contributed by atoms with Gasteiger partial charge in [-0.2, -0.15) is 0 Å². The number of aromatic nitrogens is 1. The van der Waals surface area contributed by atoms with Gasteiger partial charge in [-0.1, -0.05) is 30.3 Å². The van der Waals surface area contributed by atoms with Crippen LogP contribution in [0.3, 0.4) is 0 Å². The van der Waals surface area contributed by atoms with Crippen LogP contribution in [-0.4, -0.2) is 42.3 Å². The minimum absolute atomic E-state index is 0.919. The summed E-state index contributed by atoms with van der Waals surface area (Å²) in [6, 6.07) is 14.8. The lowest BCUT2D eigenvalue weighted by atomic mass is 10.0. The molecular formula is C23H26N4S. The Bertz CT molecular complexity index is 956. The highest BCUT2D eigenvalue weighted by molar-refractivity contribution is 7.13. The number of anilines is 1. The van der Waals surface area contributed by atoms with Crippen LogP contribution in [0.5, 0.6) is 0 Å². The van der Waals surface area contributed by atoms with E-state index in [1.807, 2.05) is 6.07 Å². The van der Waals surface area contributed by atoms with E-state index in [1.54, 1.807) is 11.3 Å². The van der Waals surface area contributed by atoms with Gasteiger partial charge in [-0.05, 0) is 42.7 Å². The molecule has 0 saturated carbocycles. The minimum atomic E-state index is 0.919. The first-order valence-electron chi connectivity index (χ1n) is 9.73. The van der Waals surface area contributed by atoms with Gasteiger partial charge in [-0.15, -0.1) is 11.3 Å². The second-order valence-electron chi connectivity index (χ2n) is 7.41. The van der Waals surface area contributed by atoms with E-state index < -0.39 is 0 Å². The zero-order valence-electron chi connectivity index (χ0n) is 16.5. The van der Waals surface area contributed by atoms with Gasteiger partial charge in [-0.3, -0.25) is 4.90 Å². The average Bonchev–Trinajstić information content (AvgIpc) is 3.19. The average molecular weight is 391 g/mol. The first-order valence-corrected chi connectivity index (χ1v) is 10.6. The number of rotatable bonds is 5.